The van der Waals surface area contributed by atoms with Gasteiger partial charge in [0.15, 0.2) is 0 Å². The Labute approximate surface area is 187 Å². The summed E-state index contributed by atoms with van der Waals surface area (Å²) in [6.45, 7) is 0. The zero-order chi connectivity index (χ0) is 21.0. The highest BCUT2D eigenvalue weighted by Gasteiger charge is 2.28. The summed E-state index contributed by atoms with van der Waals surface area (Å²) < 4.78 is 5.49. The minimum absolute atomic E-state index is 0.0182. The van der Waals surface area contributed by atoms with Gasteiger partial charge in [0.25, 0.3) is 5.91 Å². The quantitative estimate of drug-likeness (QED) is 0.417. The first-order valence-corrected chi connectivity index (χ1v) is 9.83. The summed E-state index contributed by atoms with van der Waals surface area (Å²) in [5, 5.41) is 3.60. The number of amides is 1. The maximum Gasteiger partial charge on any atom is 0.342 e. The summed E-state index contributed by atoms with van der Waals surface area (Å²) in [7, 11) is 0. The van der Waals surface area contributed by atoms with Crippen LogP contribution >= 0.6 is 46.4 Å². The molecule has 1 N–H and O–H groups in total. The van der Waals surface area contributed by atoms with Crippen LogP contribution in [0.25, 0.3) is 0 Å². The van der Waals surface area contributed by atoms with Crippen molar-refractivity contribution in [1.82, 2.24) is 0 Å². The molecule has 3 aromatic rings. The van der Waals surface area contributed by atoms with E-state index < -0.39 is 18.0 Å². The SMILES string of the molecule is O=C(O[C@@H](C(=O)Nc1cc(Cl)cc(Cl)c1)c1ccccc1)c1c(Cl)cccc1Cl. The number of nitrogens with one attached hydrogen (secondary N) is 1. The van der Waals surface area contributed by atoms with E-state index in [2.05, 4.69) is 5.32 Å². The number of anilines is 1. The molecule has 1 amide bonds. The van der Waals surface area contributed by atoms with Crippen molar-refractivity contribution >= 4 is 64.0 Å². The average Bonchev–Trinajstić information content (AvgIpc) is 2.65. The number of esters is 1. The molecule has 29 heavy (non-hydrogen) atoms. The third-order valence-electron chi connectivity index (χ3n) is 3.86. The summed E-state index contributed by atoms with van der Waals surface area (Å²) in [5.41, 5.74) is 0.810. The second kappa shape index (κ2) is 9.51. The van der Waals surface area contributed by atoms with Gasteiger partial charge in [-0.1, -0.05) is 82.8 Å². The van der Waals surface area contributed by atoms with Crippen LogP contribution in [0.5, 0.6) is 0 Å². The summed E-state index contributed by atoms with van der Waals surface area (Å²) in [6.07, 6.45) is -1.26. The maximum absolute atomic E-state index is 12.9. The second-order valence-electron chi connectivity index (χ2n) is 5.94. The molecule has 0 bridgehead atoms. The molecule has 0 saturated carbocycles. The largest absolute Gasteiger partial charge is 0.444 e. The van der Waals surface area contributed by atoms with Crippen LogP contribution in [0.4, 0.5) is 5.69 Å². The molecule has 0 fully saturated rings. The third-order valence-corrected chi connectivity index (χ3v) is 4.93. The van der Waals surface area contributed by atoms with Crippen LogP contribution in [0.15, 0.2) is 66.7 Å². The first kappa shape index (κ1) is 21.5. The Bertz CT molecular complexity index is 1020. The highest BCUT2D eigenvalue weighted by molar-refractivity contribution is 6.39. The van der Waals surface area contributed by atoms with Gasteiger partial charge in [-0.3, -0.25) is 4.79 Å². The molecule has 4 nitrogen and oxygen atoms in total. The Hall–Kier alpha value is -2.24. The van der Waals surface area contributed by atoms with Crippen LogP contribution < -0.4 is 5.32 Å². The van der Waals surface area contributed by atoms with E-state index in [1.807, 2.05) is 0 Å². The van der Waals surface area contributed by atoms with Crippen molar-refractivity contribution in [2.75, 3.05) is 5.32 Å². The molecule has 0 aliphatic heterocycles. The zero-order valence-electron chi connectivity index (χ0n) is 14.7. The standard InChI is InChI=1S/C21H13Cl4NO3/c22-13-9-14(23)11-15(10-13)26-20(27)19(12-5-2-1-3-6-12)29-21(28)18-16(24)7-4-8-17(18)25/h1-11,19H,(H,26,27)/t19-/m1/s1. The fourth-order valence-electron chi connectivity index (χ4n) is 2.59. The Morgan fingerprint density at radius 1 is 0.793 bits per heavy atom. The average molecular weight is 469 g/mol. The van der Waals surface area contributed by atoms with Crippen LogP contribution in [0.1, 0.15) is 22.0 Å². The van der Waals surface area contributed by atoms with E-state index in [4.69, 9.17) is 51.1 Å². The second-order valence-corrected chi connectivity index (χ2v) is 7.63. The monoisotopic (exact) mass is 467 g/mol. The normalized spacial score (nSPS) is 11.6. The van der Waals surface area contributed by atoms with Gasteiger partial charge in [0.2, 0.25) is 6.10 Å². The Morgan fingerprint density at radius 3 is 1.97 bits per heavy atom. The highest BCUT2D eigenvalue weighted by atomic mass is 35.5. The van der Waals surface area contributed by atoms with Crippen molar-refractivity contribution in [1.29, 1.82) is 0 Å². The smallest absolute Gasteiger partial charge is 0.342 e. The van der Waals surface area contributed by atoms with Crippen molar-refractivity contribution in [3.63, 3.8) is 0 Å². The lowest BCUT2D eigenvalue weighted by molar-refractivity contribution is -0.125. The molecule has 0 heterocycles. The molecule has 148 valence electrons. The van der Waals surface area contributed by atoms with Gasteiger partial charge in [0, 0.05) is 21.3 Å². The van der Waals surface area contributed by atoms with Crippen molar-refractivity contribution in [3.05, 3.63) is 97.9 Å². The minimum atomic E-state index is -1.26. The molecule has 0 aliphatic carbocycles. The molecule has 3 rings (SSSR count). The van der Waals surface area contributed by atoms with Gasteiger partial charge in [-0.2, -0.15) is 0 Å². The first-order valence-electron chi connectivity index (χ1n) is 8.32. The number of rotatable bonds is 5. The fraction of sp³-hybridized carbons (Fsp3) is 0.0476. The van der Waals surface area contributed by atoms with Crippen LogP contribution in [-0.4, -0.2) is 11.9 Å². The number of hydrogen-bond donors (Lipinski definition) is 1. The lowest BCUT2D eigenvalue weighted by Gasteiger charge is -2.19. The molecule has 0 unspecified atom stereocenters. The molecule has 0 spiro atoms. The highest BCUT2D eigenvalue weighted by Crippen LogP contribution is 2.29. The van der Waals surface area contributed by atoms with Gasteiger partial charge in [0.05, 0.1) is 15.6 Å². The summed E-state index contributed by atoms with van der Waals surface area (Å²) in [5.74, 6) is -1.42. The van der Waals surface area contributed by atoms with E-state index >= 15 is 0 Å². The third kappa shape index (κ3) is 5.43. The van der Waals surface area contributed by atoms with Gasteiger partial charge in [-0.05, 0) is 30.3 Å². The zero-order valence-corrected chi connectivity index (χ0v) is 17.7. The number of carbonyl (C=O) groups excluding carboxylic acids is 2. The predicted octanol–water partition coefficient (Wildman–Crippen LogP) is 6.84. The van der Waals surface area contributed by atoms with E-state index in [9.17, 15) is 9.59 Å². The topological polar surface area (TPSA) is 55.4 Å². The van der Waals surface area contributed by atoms with E-state index in [0.29, 0.717) is 21.3 Å². The summed E-state index contributed by atoms with van der Waals surface area (Å²) in [6, 6.07) is 17.8. The van der Waals surface area contributed by atoms with Crippen molar-refractivity contribution in [3.8, 4) is 0 Å². The van der Waals surface area contributed by atoms with E-state index in [0.717, 1.165) is 0 Å². The van der Waals surface area contributed by atoms with Crippen LogP contribution in [0.2, 0.25) is 20.1 Å². The van der Waals surface area contributed by atoms with Gasteiger partial charge < -0.3 is 10.1 Å². The van der Waals surface area contributed by atoms with Gasteiger partial charge in [-0.15, -0.1) is 0 Å². The van der Waals surface area contributed by atoms with E-state index in [1.165, 1.54) is 30.3 Å². The molecule has 0 aliphatic rings. The Morgan fingerprint density at radius 2 is 1.38 bits per heavy atom. The van der Waals surface area contributed by atoms with Gasteiger partial charge in [0.1, 0.15) is 0 Å². The van der Waals surface area contributed by atoms with Crippen molar-refractivity contribution < 1.29 is 14.3 Å². The molecule has 0 aromatic heterocycles. The number of carbonyl (C=O) groups is 2. The van der Waals surface area contributed by atoms with Crippen LogP contribution in [0, 0.1) is 0 Å². The molecule has 8 heteroatoms. The predicted molar refractivity (Wildman–Crippen MR) is 116 cm³/mol. The summed E-state index contributed by atoms with van der Waals surface area (Å²) >= 11 is 24.1. The number of benzene rings is 3. The van der Waals surface area contributed by atoms with Crippen molar-refractivity contribution in [2.45, 2.75) is 6.10 Å². The lowest BCUT2D eigenvalue weighted by atomic mass is 10.1. The first-order chi connectivity index (χ1) is 13.8. The molecule has 0 radical (unpaired) electrons. The number of halogens is 4. The Balaban J connectivity index is 1.91. The lowest BCUT2D eigenvalue weighted by Crippen LogP contribution is -2.26. The number of ether oxygens (including phenoxy) is 1. The van der Waals surface area contributed by atoms with Crippen LogP contribution in [-0.2, 0) is 9.53 Å². The van der Waals surface area contributed by atoms with Crippen LogP contribution in [0.3, 0.4) is 0 Å². The molecule has 0 saturated heterocycles. The summed E-state index contributed by atoms with van der Waals surface area (Å²) in [4.78, 5) is 25.7. The minimum Gasteiger partial charge on any atom is -0.444 e. The Kier molecular flexibility index (Phi) is 7.04. The molecular weight excluding hydrogens is 456 g/mol. The number of hydrogen-bond acceptors (Lipinski definition) is 3. The van der Waals surface area contributed by atoms with E-state index in [1.54, 1.807) is 36.4 Å². The van der Waals surface area contributed by atoms with Crippen molar-refractivity contribution in [2.24, 2.45) is 0 Å². The van der Waals surface area contributed by atoms with Gasteiger partial charge in [-0.25, -0.2) is 4.79 Å². The fourth-order valence-corrected chi connectivity index (χ4v) is 3.67. The molecule has 3 aromatic carbocycles. The maximum atomic E-state index is 12.9. The van der Waals surface area contributed by atoms with E-state index in [-0.39, 0.29) is 15.6 Å². The van der Waals surface area contributed by atoms with Gasteiger partial charge >= 0.3 is 5.97 Å². The molecular formula is C21H13Cl4NO3. The molecule has 1 atom stereocenters.